The smallest absolute Gasteiger partial charge is 0.325 e. The van der Waals surface area contributed by atoms with Crippen molar-refractivity contribution < 1.29 is 18.7 Å². The zero-order valence-electron chi connectivity index (χ0n) is 12.5. The lowest BCUT2D eigenvalue weighted by Crippen LogP contribution is -2.29. The Hall–Kier alpha value is -2.09. The van der Waals surface area contributed by atoms with Crippen molar-refractivity contribution in [3.8, 4) is 0 Å². The molecular weight excluding hydrogens is 354 g/mol. The molecule has 2 aromatic rings. The molecule has 0 saturated carbocycles. The van der Waals surface area contributed by atoms with E-state index in [4.69, 9.17) is 4.42 Å². The summed E-state index contributed by atoms with van der Waals surface area (Å²) in [6.45, 7) is 4.07. The molecule has 0 fully saturated rings. The number of furan rings is 1. The molecule has 2 heterocycles. The minimum absolute atomic E-state index is 0.138. The van der Waals surface area contributed by atoms with Crippen LogP contribution in [0.2, 0.25) is 0 Å². The summed E-state index contributed by atoms with van der Waals surface area (Å²) in [6, 6.07) is 3.26. The van der Waals surface area contributed by atoms with Crippen molar-refractivity contribution in [1.82, 2.24) is 15.1 Å². The third-order valence-corrected chi connectivity index (χ3v) is 4.25. The zero-order chi connectivity index (χ0) is 16.3. The van der Waals surface area contributed by atoms with Gasteiger partial charge in [0.1, 0.15) is 12.3 Å². The summed E-state index contributed by atoms with van der Waals surface area (Å²) in [5.41, 5.74) is 1.87. The average molecular weight is 370 g/mol. The van der Waals surface area contributed by atoms with Crippen molar-refractivity contribution in [3.63, 3.8) is 0 Å². The van der Waals surface area contributed by atoms with Crippen LogP contribution in [0.1, 0.15) is 27.7 Å². The number of amides is 1. The van der Waals surface area contributed by atoms with E-state index in [1.165, 1.54) is 7.11 Å². The fourth-order valence-electron chi connectivity index (χ4n) is 1.87. The highest BCUT2D eigenvalue weighted by Gasteiger charge is 2.14. The number of carbonyl (C=O) groups excluding carboxylic acids is 2. The van der Waals surface area contributed by atoms with Crippen molar-refractivity contribution in [2.24, 2.45) is 0 Å². The third kappa shape index (κ3) is 3.56. The highest BCUT2D eigenvalue weighted by atomic mass is 79.9. The van der Waals surface area contributed by atoms with Crippen LogP contribution in [0.15, 0.2) is 21.0 Å². The lowest BCUT2D eigenvalue weighted by molar-refractivity contribution is -0.139. The molecule has 0 aliphatic carbocycles. The van der Waals surface area contributed by atoms with Gasteiger partial charge in [0.15, 0.2) is 5.76 Å². The minimum atomic E-state index is -0.521. The topological polar surface area (TPSA) is 86.4 Å². The Balaban J connectivity index is 2.03. The molecule has 7 nitrogen and oxygen atoms in total. The van der Waals surface area contributed by atoms with E-state index in [1.807, 2.05) is 13.8 Å². The molecule has 0 bridgehead atoms. The van der Waals surface area contributed by atoms with Gasteiger partial charge in [-0.2, -0.15) is 5.10 Å². The maximum atomic E-state index is 11.8. The summed E-state index contributed by atoms with van der Waals surface area (Å²) < 4.78 is 12.7. The average Bonchev–Trinajstić information content (AvgIpc) is 3.06. The molecule has 0 spiro atoms. The highest BCUT2D eigenvalue weighted by molar-refractivity contribution is 9.10. The largest absolute Gasteiger partial charge is 0.468 e. The van der Waals surface area contributed by atoms with Crippen molar-refractivity contribution in [1.29, 1.82) is 0 Å². The van der Waals surface area contributed by atoms with Gasteiger partial charge in [-0.05, 0) is 41.9 Å². The molecule has 0 aromatic carbocycles. The molecule has 22 heavy (non-hydrogen) atoms. The number of hydrogen-bond acceptors (Lipinski definition) is 5. The lowest BCUT2D eigenvalue weighted by atomic mass is 10.4. The van der Waals surface area contributed by atoms with Crippen LogP contribution in [-0.2, 0) is 16.1 Å². The van der Waals surface area contributed by atoms with Crippen LogP contribution < -0.4 is 5.32 Å². The zero-order valence-corrected chi connectivity index (χ0v) is 14.1. The van der Waals surface area contributed by atoms with Crippen molar-refractivity contribution in [2.75, 3.05) is 13.7 Å². The number of ether oxygens (including phenoxy) is 1. The number of methoxy groups -OCH3 is 1. The van der Waals surface area contributed by atoms with Crippen LogP contribution in [0.5, 0.6) is 0 Å². The van der Waals surface area contributed by atoms with Crippen molar-refractivity contribution in [2.45, 2.75) is 20.4 Å². The van der Waals surface area contributed by atoms with Crippen LogP contribution in [0.25, 0.3) is 0 Å². The lowest BCUT2D eigenvalue weighted by Gasteiger charge is -2.02. The molecule has 0 unspecified atom stereocenters. The summed E-state index contributed by atoms with van der Waals surface area (Å²) in [4.78, 5) is 22.8. The Morgan fingerprint density at radius 3 is 2.73 bits per heavy atom. The van der Waals surface area contributed by atoms with E-state index < -0.39 is 11.9 Å². The molecular formula is C14H16BrN3O4. The van der Waals surface area contributed by atoms with Gasteiger partial charge in [0.25, 0.3) is 5.91 Å². The second-order valence-corrected chi connectivity index (χ2v) is 5.46. The predicted octanol–water partition coefficient (Wildman–Crippen LogP) is 1.81. The van der Waals surface area contributed by atoms with E-state index in [0.29, 0.717) is 12.3 Å². The van der Waals surface area contributed by atoms with Crippen LogP contribution in [0.4, 0.5) is 0 Å². The first-order valence-corrected chi connectivity index (χ1v) is 7.35. The highest BCUT2D eigenvalue weighted by Crippen LogP contribution is 2.21. The molecule has 8 heteroatoms. The molecule has 2 aromatic heterocycles. The number of esters is 1. The fourth-order valence-corrected chi connectivity index (χ4v) is 2.16. The van der Waals surface area contributed by atoms with E-state index in [2.05, 4.69) is 31.1 Å². The Morgan fingerprint density at radius 2 is 2.14 bits per heavy atom. The summed E-state index contributed by atoms with van der Waals surface area (Å²) in [5, 5.41) is 6.79. The van der Waals surface area contributed by atoms with E-state index in [9.17, 15) is 9.59 Å². The third-order valence-electron chi connectivity index (χ3n) is 3.11. The van der Waals surface area contributed by atoms with E-state index in [1.54, 1.807) is 16.8 Å². The van der Waals surface area contributed by atoms with Crippen LogP contribution in [0.3, 0.4) is 0 Å². The number of halogens is 1. The molecule has 0 aliphatic heterocycles. The van der Waals surface area contributed by atoms with Gasteiger partial charge >= 0.3 is 5.97 Å². The predicted molar refractivity (Wildman–Crippen MR) is 81.6 cm³/mol. The summed E-state index contributed by atoms with van der Waals surface area (Å²) in [7, 11) is 1.26. The number of aromatic nitrogens is 2. The second kappa shape index (κ2) is 6.78. The Kier molecular flexibility index (Phi) is 5.02. The molecule has 0 atom stereocenters. The van der Waals surface area contributed by atoms with Crippen molar-refractivity contribution in [3.05, 3.63) is 39.5 Å². The summed E-state index contributed by atoms with van der Waals surface area (Å²) in [5.74, 6) is -0.250. The summed E-state index contributed by atoms with van der Waals surface area (Å²) in [6.07, 6.45) is 0. The fraction of sp³-hybridized carbons (Fsp3) is 0.357. The van der Waals surface area contributed by atoms with Crippen LogP contribution in [-0.4, -0.2) is 35.3 Å². The molecule has 118 valence electrons. The number of rotatable bonds is 5. The first-order chi connectivity index (χ1) is 10.4. The molecule has 0 radical (unpaired) electrons. The second-order valence-electron chi connectivity index (χ2n) is 4.67. The molecule has 1 amide bonds. The maximum absolute atomic E-state index is 11.8. The van der Waals surface area contributed by atoms with Gasteiger partial charge in [-0.15, -0.1) is 0 Å². The first-order valence-electron chi connectivity index (χ1n) is 6.55. The minimum Gasteiger partial charge on any atom is -0.468 e. The number of hydrogen-bond donors (Lipinski definition) is 1. The molecule has 0 aliphatic rings. The molecule has 2 rings (SSSR count). The van der Waals surface area contributed by atoms with E-state index in [0.717, 1.165) is 15.9 Å². The van der Waals surface area contributed by atoms with Gasteiger partial charge in [-0.3, -0.25) is 14.3 Å². The number of carbonyl (C=O) groups is 2. The number of nitrogens with zero attached hydrogens (tertiary/aromatic N) is 2. The normalized spacial score (nSPS) is 10.5. The summed E-state index contributed by atoms with van der Waals surface area (Å²) >= 11 is 3.46. The van der Waals surface area contributed by atoms with Gasteiger partial charge in [0.2, 0.25) is 0 Å². The van der Waals surface area contributed by atoms with Gasteiger partial charge < -0.3 is 14.5 Å². The standard InChI is InChI=1S/C14H16BrN3O4/c1-8-13(15)9(2)18(17-8)7-10-4-5-11(22-10)14(20)16-6-12(19)21-3/h4-5H,6-7H2,1-3H3,(H,16,20). The SMILES string of the molecule is COC(=O)CNC(=O)c1ccc(Cn2nc(C)c(Br)c2C)o1. The quantitative estimate of drug-likeness (QED) is 0.812. The van der Waals surface area contributed by atoms with Crippen molar-refractivity contribution >= 4 is 27.8 Å². The van der Waals surface area contributed by atoms with E-state index in [-0.39, 0.29) is 12.3 Å². The first kappa shape index (κ1) is 16.3. The molecule has 1 N–H and O–H groups in total. The number of aryl methyl sites for hydroxylation is 1. The Labute approximate surface area is 135 Å². The number of nitrogens with one attached hydrogen (secondary N) is 1. The van der Waals surface area contributed by atoms with E-state index >= 15 is 0 Å². The van der Waals surface area contributed by atoms with Crippen LogP contribution >= 0.6 is 15.9 Å². The Morgan fingerprint density at radius 1 is 1.41 bits per heavy atom. The van der Waals surface area contributed by atoms with Gasteiger partial charge in [-0.25, -0.2) is 0 Å². The Bertz CT molecular complexity index is 705. The van der Waals surface area contributed by atoms with Gasteiger partial charge in [0.05, 0.1) is 29.5 Å². The van der Waals surface area contributed by atoms with Crippen LogP contribution in [0, 0.1) is 13.8 Å². The monoisotopic (exact) mass is 369 g/mol. The van der Waals surface area contributed by atoms with Gasteiger partial charge in [-0.1, -0.05) is 0 Å². The van der Waals surface area contributed by atoms with Gasteiger partial charge in [0, 0.05) is 0 Å². The molecule has 0 saturated heterocycles. The maximum Gasteiger partial charge on any atom is 0.325 e.